The summed E-state index contributed by atoms with van der Waals surface area (Å²) in [5, 5.41) is 1.67. The van der Waals surface area contributed by atoms with E-state index >= 15 is 0 Å². The predicted octanol–water partition coefficient (Wildman–Crippen LogP) is 2.84. The summed E-state index contributed by atoms with van der Waals surface area (Å²) in [5.41, 5.74) is 5.53. The summed E-state index contributed by atoms with van der Waals surface area (Å²) in [4.78, 5) is 1.26. The number of nitrogens with one attached hydrogen (secondary N) is 1. The van der Waals surface area contributed by atoms with Gasteiger partial charge in [-0.05, 0) is 37.7 Å². The monoisotopic (exact) mass is 316 g/mol. The number of hydrogen-bond acceptors (Lipinski definition) is 4. The number of thiophene rings is 1. The number of rotatable bonds is 6. The van der Waals surface area contributed by atoms with Crippen LogP contribution in [0.15, 0.2) is 16.3 Å². The first-order valence-electron chi connectivity index (χ1n) is 7.35. The van der Waals surface area contributed by atoms with Crippen LogP contribution in [0.25, 0.3) is 0 Å². The first-order valence-corrected chi connectivity index (χ1v) is 9.71. The second-order valence-electron chi connectivity index (χ2n) is 5.58. The van der Waals surface area contributed by atoms with Gasteiger partial charge < -0.3 is 5.73 Å². The summed E-state index contributed by atoms with van der Waals surface area (Å²) in [6.45, 7) is 2.60. The lowest BCUT2D eigenvalue weighted by Crippen LogP contribution is -2.37. The van der Waals surface area contributed by atoms with Gasteiger partial charge in [-0.3, -0.25) is 0 Å². The predicted molar refractivity (Wildman–Crippen MR) is 83.2 cm³/mol. The maximum atomic E-state index is 12.3. The van der Waals surface area contributed by atoms with Crippen LogP contribution in [0.2, 0.25) is 0 Å². The normalized spacial score (nSPS) is 23.9. The van der Waals surface area contributed by atoms with Crippen LogP contribution in [0.3, 0.4) is 0 Å². The maximum absolute atomic E-state index is 12.3. The molecule has 20 heavy (non-hydrogen) atoms. The van der Waals surface area contributed by atoms with Crippen molar-refractivity contribution in [3.63, 3.8) is 0 Å². The van der Waals surface area contributed by atoms with Gasteiger partial charge in [0.25, 0.3) is 0 Å². The van der Waals surface area contributed by atoms with Crippen molar-refractivity contribution in [2.75, 3.05) is 0 Å². The molecule has 1 saturated carbocycles. The van der Waals surface area contributed by atoms with E-state index in [1.807, 2.05) is 0 Å². The Bertz CT molecular complexity index is 517. The molecule has 1 fully saturated rings. The van der Waals surface area contributed by atoms with E-state index in [4.69, 9.17) is 5.73 Å². The fourth-order valence-corrected chi connectivity index (χ4v) is 5.33. The van der Waals surface area contributed by atoms with Crippen LogP contribution in [-0.2, 0) is 16.6 Å². The average Bonchev–Trinajstić information content (AvgIpc) is 2.91. The van der Waals surface area contributed by atoms with E-state index in [0.29, 0.717) is 11.4 Å². The highest BCUT2D eigenvalue weighted by Crippen LogP contribution is 2.29. The van der Waals surface area contributed by atoms with E-state index in [1.165, 1.54) is 24.2 Å². The smallest absolute Gasteiger partial charge is 0.241 e. The Kier molecular flexibility index (Phi) is 5.60. The van der Waals surface area contributed by atoms with Crippen LogP contribution < -0.4 is 10.5 Å². The van der Waals surface area contributed by atoms with Crippen molar-refractivity contribution >= 4 is 21.4 Å². The van der Waals surface area contributed by atoms with E-state index in [9.17, 15) is 8.42 Å². The van der Waals surface area contributed by atoms with Crippen LogP contribution in [0, 0.1) is 5.92 Å². The minimum absolute atomic E-state index is 0.0920. The fourth-order valence-electron chi connectivity index (χ4n) is 2.87. The molecule has 1 aliphatic rings. The van der Waals surface area contributed by atoms with E-state index in [2.05, 4.69) is 11.6 Å². The van der Waals surface area contributed by atoms with Gasteiger partial charge in [0, 0.05) is 22.8 Å². The van der Waals surface area contributed by atoms with Gasteiger partial charge in [-0.25, -0.2) is 13.1 Å². The first-order chi connectivity index (χ1) is 9.55. The minimum Gasteiger partial charge on any atom is -0.326 e. The molecule has 0 saturated heterocycles. The van der Waals surface area contributed by atoms with Crippen molar-refractivity contribution in [2.45, 2.75) is 62.9 Å². The molecule has 0 bridgehead atoms. The molecule has 3 N–H and O–H groups in total. The Balaban J connectivity index is 1.92. The molecular weight excluding hydrogens is 292 g/mol. The average molecular weight is 316 g/mol. The molecule has 0 amide bonds. The molecule has 0 radical (unpaired) electrons. The molecule has 0 aliphatic heterocycles. The van der Waals surface area contributed by atoms with E-state index in [-0.39, 0.29) is 6.04 Å². The van der Waals surface area contributed by atoms with Gasteiger partial charge in [0.1, 0.15) is 0 Å². The van der Waals surface area contributed by atoms with Crippen LogP contribution in [0.1, 0.15) is 50.3 Å². The van der Waals surface area contributed by atoms with Crippen molar-refractivity contribution in [3.05, 3.63) is 16.3 Å². The van der Waals surface area contributed by atoms with Gasteiger partial charge in [-0.1, -0.05) is 19.8 Å². The molecule has 0 spiro atoms. The van der Waals surface area contributed by atoms with Gasteiger partial charge in [0.05, 0.1) is 4.90 Å². The number of nitrogens with two attached hydrogens (primary N) is 1. The zero-order valence-electron chi connectivity index (χ0n) is 12.0. The highest BCUT2D eigenvalue weighted by molar-refractivity contribution is 7.89. The second-order valence-corrected chi connectivity index (χ2v) is 8.29. The Hall–Kier alpha value is -0.430. The summed E-state index contributed by atoms with van der Waals surface area (Å²) >= 11 is 1.40. The topological polar surface area (TPSA) is 72.2 Å². The third-order valence-corrected chi connectivity index (χ3v) is 6.61. The van der Waals surface area contributed by atoms with Crippen LogP contribution in [0.4, 0.5) is 0 Å². The molecule has 1 heterocycles. The summed E-state index contributed by atoms with van der Waals surface area (Å²) in [5.74, 6) is 0.783. The SMILES string of the molecule is CCCC1CCC(NS(=O)(=O)c2csc(CN)c2)CC1. The Morgan fingerprint density at radius 1 is 1.35 bits per heavy atom. The summed E-state index contributed by atoms with van der Waals surface area (Å²) in [6.07, 6.45) is 6.68. The van der Waals surface area contributed by atoms with Crippen molar-refractivity contribution in [1.29, 1.82) is 0 Å². The number of sulfonamides is 1. The van der Waals surface area contributed by atoms with Gasteiger partial charge >= 0.3 is 0 Å². The third kappa shape index (κ3) is 4.04. The van der Waals surface area contributed by atoms with Gasteiger partial charge in [-0.2, -0.15) is 0 Å². The Labute approximate surface area is 125 Å². The molecule has 0 atom stereocenters. The minimum atomic E-state index is -3.37. The molecule has 0 aromatic carbocycles. The Morgan fingerprint density at radius 3 is 2.60 bits per heavy atom. The molecule has 4 nitrogen and oxygen atoms in total. The molecule has 2 rings (SSSR count). The maximum Gasteiger partial charge on any atom is 0.241 e. The lowest BCUT2D eigenvalue weighted by Gasteiger charge is -2.28. The lowest BCUT2D eigenvalue weighted by atomic mass is 9.84. The summed E-state index contributed by atoms with van der Waals surface area (Å²) in [6, 6.07) is 1.77. The lowest BCUT2D eigenvalue weighted by molar-refractivity contribution is 0.297. The Morgan fingerprint density at radius 2 is 2.05 bits per heavy atom. The molecule has 1 aliphatic carbocycles. The molecule has 1 aromatic rings. The van der Waals surface area contributed by atoms with Crippen LogP contribution in [-0.4, -0.2) is 14.5 Å². The zero-order valence-corrected chi connectivity index (χ0v) is 13.6. The van der Waals surface area contributed by atoms with Crippen molar-refractivity contribution < 1.29 is 8.42 Å². The van der Waals surface area contributed by atoms with Crippen molar-refractivity contribution in [2.24, 2.45) is 11.7 Å². The summed E-state index contributed by atoms with van der Waals surface area (Å²) < 4.78 is 27.4. The molecule has 1 aromatic heterocycles. The second kappa shape index (κ2) is 7.02. The standard InChI is InChI=1S/C14H24N2O2S2/c1-2-3-11-4-6-12(7-5-11)16-20(17,18)14-8-13(9-15)19-10-14/h8,10-12,16H,2-7,9,15H2,1H3. The highest BCUT2D eigenvalue weighted by Gasteiger charge is 2.25. The molecule has 6 heteroatoms. The van der Waals surface area contributed by atoms with Crippen LogP contribution in [0.5, 0.6) is 0 Å². The van der Waals surface area contributed by atoms with Gasteiger partial charge in [0.2, 0.25) is 10.0 Å². The highest BCUT2D eigenvalue weighted by atomic mass is 32.2. The van der Waals surface area contributed by atoms with Gasteiger partial charge in [0.15, 0.2) is 0 Å². The zero-order chi connectivity index (χ0) is 14.6. The largest absolute Gasteiger partial charge is 0.326 e. The number of hydrogen-bond donors (Lipinski definition) is 2. The van der Waals surface area contributed by atoms with E-state index in [0.717, 1.165) is 36.5 Å². The fraction of sp³-hybridized carbons (Fsp3) is 0.714. The molecule has 0 unspecified atom stereocenters. The quantitative estimate of drug-likeness (QED) is 0.847. The van der Waals surface area contributed by atoms with Crippen LogP contribution >= 0.6 is 11.3 Å². The molecule has 114 valence electrons. The first kappa shape index (κ1) is 15.9. The third-order valence-electron chi connectivity index (χ3n) is 4.01. The molecular formula is C14H24N2O2S2. The van der Waals surface area contributed by atoms with Crippen molar-refractivity contribution in [3.8, 4) is 0 Å². The van der Waals surface area contributed by atoms with Gasteiger partial charge in [-0.15, -0.1) is 11.3 Å². The van der Waals surface area contributed by atoms with Crippen molar-refractivity contribution in [1.82, 2.24) is 4.72 Å². The summed E-state index contributed by atoms with van der Waals surface area (Å²) in [7, 11) is -3.37. The van der Waals surface area contributed by atoms with E-state index in [1.54, 1.807) is 11.4 Å². The van der Waals surface area contributed by atoms with E-state index < -0.39 is 10.0 Å².